The fourth-order valence-corrected chi connectivity index (χ4v) is 3.21. The molecular weight excluding hydrogens is 372 g/mol. The van der Waals surface area contributed by atoms with Crippen LogP contribution in [0.1, 0.15) is 15.9 Å². The number of rotatable bonds is 6. The zero-order valence-electron chi connectivity index (χ0n) is 16.9. The van der Waals surface area contributed by atoms with Gasteiger partial charge in [-0.15, -0.1) is 0 Å². The lowest BCUT2D eigenvalue weighted by Crippen LogP contribution is -2.12. The Morgan fingerprint density at radius 2 is 1.00 bits per heavy atom. The summed E-state index contributed by atoms with van der Waals surface area (Å²) in [6, 6.07) is 26.7. The van der Waals surface area contributed by atoms with Crippen molar-refractivity contribution in [1.29, 1.82) is 0 Å². The SMILES string of the molecule is CN(c1ccc(C(=O)c2ccc(N(C)c3ccccn3)cc2)cc1)c1ccccn1. The van der Waals surface area contributed by atoms with Gasteiger partial charge in [-0.25, -0.2) is 9.97 Å². The maximum atomic E-state index is 12.9. The second kappa shape index (κ2) is 8.57. The van der Waals surface area contributed by atoms with E-state index in [9.17, 15) is 4.79 Å². The summed E-state index contributed by atoms with van der Waals surface area (Å²) in [6.45, 7) is 0. The topological polar surface area (TPSA) is 49.3 Å². The van der Waals surface area contributed by atoms with Crippen molar-refractivity contribution in [2.45, 2.75) is 0 Å². The van der Waals surface area contributed by atoms with E-state index in [0.29, 0.717) is 11.1 Å². The molecule has 0 aliphatic heterocycles. The van der Waals surface area contributed by atoms with Crippen molar-refractivity contribution in [2.24, 2.45) is 0 Å². The van der Waals surface area contributed by atoms with E-state index in [0.717, 1.165) is 23.0 Å². The molecule has 0 N–H and O–H groups in total. The fourth-order valence-electron chi connectivity index (χ4n) is 3.21. The van der Waals surface area contributed by atoms with Gasteiger partial charge >= 0.3 is 0 Å². The molecule has 4 rings (SSSR count). The largest absolute Gasteiger partial charge is 0.329 e. The van der Waals surface area contributed by atoms with Crippen LogP contribution >= 0.6 is 0 Å². The molecule has 2 aromatic heterocycles. The van der Waals surface area contributed by atoms with E-state index >= 15 is 0 Å². The van der Waals surface area contributed by atoms with Gasteiger partial charge in [0.25, 0.3) is 0 Å². The Morgan fingerprint density at radius 1 is 0.600 bits per heavy atom. The highest BCUT2D eigenvalue weighted by molar-refractivity contribution is 6.09. The molecule has 0 atom stereocenters. The number of ketones is 1. The lowest BCUT2D eigenvalue weighted by atomic mass is 10.0. The number of carbonyl (C=O) groups excluding carboxylic acids is 1. The molecule has 2 aromatic carbocycles. The molecule has 0 saturated heterocycles. The molecule has 0 aliphatic carbocycles. The Morgan fingerprint density at radius 3 is 1.33 bits per heavy atom. The summed E-state index contributed by atoms with van der Waals surface area (Å²) in [5, 5.41) is 0. The highest BCUT2D eigenvalue weighted by atomic mass is 16.1. The van der Waals surface area contributed by atoms with Crippen LogP contribution in [0.5, 0.6) is 0 Å². The summed E-state index contributed by atoms with van der Waals surface area (Å²) >= 11 is 0. The molecular formula is C25H22N4O. The van der Waals surface area contributed by atoms with E-state index in [1.54, 1.807) is 12.4 Å². The van der Waals surface area contributed by atoms with Crippen LogP contribution in [0.15, 0.2) is 97.3 Å². The van der Waals surface area contributed by atoms with Crippen molar-refractivity contribution in [3.05, 3.63) is 108 Å². The van der Waals surface area contributed by atoms with Crippen LogP contribution in [0.4, 0.5) is 23.0 Å². The molecule has 0 fully saturated rings. The highest BCUT2D eigenvalue weighted by Gasteiger charge is 2.12. The van der Waals surface area contributed by atoms with E-state index in [-0.39, 0.29) is 5.78 Å². The predicted molar refractivity (Wildman–Crippen MR) is 121 cm³/mol. The Balaban J connectivity index is 1.49. The molecule has 2 heterocycles. The van der Waals surface area contributed by atoms with Crippen molar-refractivity contribution in [2.75, 3.05) is 23.9 Å². The minimum atomic E-state index is -0.00548. The monoisotopic (exact) mass is 394 g/mol. The molecule has 0 aliphatic rings. The molecule has 5 nitrogen and oxygen atoms in total. The second-order valence-electron chi connectivity index (χ2n) is 6.92. The first-order valence-corrected chi connectivity index (χ1v) is 9.68. The quantitative estimate of drug-likeness (QED) is 0.418. The van der Waals surface area contributed by atoms with Crippen molar-refractivity contribution in [3.63, 3.8) is 0 Å². The van der Waals surface area contributed by atoms with Gasteiger partial charge in [-0.2, -0.15) is 0 Å². The Hall–Kier alpha value is -3.99. The Labute approximate surface area is 176 Å². The van der Waals surface area contributed by atoms with Crippen LogP contribution in [0.2, 0.25) is 0 Å². The van der Waals surface area contributed by atoms with E-state index < -0.39 is 0 Å². The van der Waals surface area contributed by atoms with Gasteiger partial charge in [0.2, 0.25) is 0 Å². The third kappa shape index (κ3) is 4.05. The number of hydrogen-bond donors (Lipinski definition) is 0. The van der Waals surface area contributed by atoms with Crippen LogP contribution in [-0.2, 0) is 0 Å². The second-order valence-corrected chi connectivity index (χ2v) is 6.92. The van der Waals surface area contributed by atoms with Gasteiger partial charge in [0.05, 0.1) is 0 Å². The lowest BCUT2D eigenvalue weighted by Gasteiger charge is -2.19. The molecule has 5 heteroatoms. The van der Waals surface area contributed by atoms with Gasteiger partial charge in [-0.05, 0) is 72.8 Å². The number of nitrogens with zero attached hydrogens (tertiary/aromatic N) is 4. The first-order valence-electron chi connectivity index (χ1n) is 9.68. The van der Waals surface area contributed by atoms with Gasteiger partial charge in [-0.3, -0.25) is 4.79 Å². The number of pyridine rings is 2. The van der Waals surface area contributed by atoms with E-state index in [1.807, 2.05) is 109 Å². The molecule has 4 aromatic rings. The molecule has 0 unspecified atom stereocenters. The number of carbonyl (C=O) groups is 1. The van der Waals surface area contributed by atoms with Gasteiger partial charge in [0.15, 0.2) is 5.78 Å². The molecule has 0 saturated carbocycles. The van der Waals surface area contributed by atoms with Crippen LogP contribution in [0, 0.1) is 0 Å². The van der Waals surface area contributed by atoms with E-state index in [2.05, 4.69) is 9.97 Å². The minimum Gasteiger partial charge on any atom is -0.329 e. The molecule has 0 amide bonds. The standard InChI is InChI=1S/C25H22N4O/c1-28(23-7-3-5-17-26-23)21-13-9-19(10-14-21)25(30)20-11-15-22(16-12-20)29(2)24-8-4-6-18-27-24/h3-18H,1-2H3. The first kappa shape index (κ1) is 19.3. The van der Waals surface area contributed by atoms with Crippen LogP contribution in [0.25, 0.3) is 0 Å². The lowest BCUT2D eigenvalue weighted by molar-refractivity contribution is 0.103. The van der Waals surface area contributed by atoms with Gasteiger partial charge in [0.1, 0.15) is 11.6 Å². The van der Waals surface area contributed by atoms with E-state index in [4.69, 9.17) is 0 Å². The maximum Gasteiger partial charge on any atom is 0.193 e. The maximum absolute atomic E-state index is 12.9. The van der Waals surface area contributed by atoms with Crippen molar-refractivity contribution in [3.8, 4) is 0 Å². The molecule has 30 heavy (non-hydrogen) atoms. The number of anilines is 4. The molecule has 0 bridgehead atoms. The number of benzene rings is 2. The van der Waals surface area contributed by atoms with Crippen LogP contribution < -0.4 is 9.80 Å². The van der Waals surface area contributed by atoms with Crippen molar-refractivity contribution >= 4 is 28.8 Å². The average molecular weight is 394 g/mol. The smallest absolute Gasteiger partial charge is 0.193 e. The summed E-state index contributed by atoms with van der Waals surface area (Å²) in [4.78, 5) is 25.6. The molecule has 148 valence electrons. The Kier molecular flexibility index (Phi) is 5.52. The summed E-state index contributed by atoms with van der Waals surface area (Å²) in [7, 11) is 3.91. The normalized spacial score (nSPS) is 10.5. The third-order valence-corrected chi connectivity index (χ3v) is 5.02. The van der Waals surface area contributed by atoms with Crippen LogP contribution in [0.3, 0.4) is 0 Å². The fraction of sp³-hybridized carbons (Fsp3) is 0.0800. The van der Waals surface area contributed by atoms with Gasteiger partial charge in [-0.1, -0.05) is 12.1 Å². The summed E-state index contributed by atoms with van der Waals surface area (Å²) < 4.78 is 0. The Bertz CT molecular complexity index is 1020. The van der Waals surface area contributed by atoms with Gasteiger partial charge < -0.3 is 9.80 Å². The zero-order chi connectivity index (χ0) is 20.9. The third-order valence-electron chi connectivity index (χ3n) is 5.02. The van der Waals surface area contributed by atoms with Crippen molar-refractivity contribution in [1.82, 2.24) is 9.97 Å². The van der Waals surface area contributed by atoms with Gasteiger partial charge in [0, 0.05) is 49.0 Å². The average Bonchev–Trinajstić information content (AvgIpc) is 2.84. The summed E-state index contributed by atoms with van der Waals surface area (Å²) in [5.74, 6) is 1.70. The highest BCUT2D eigenvalue weighted by Crippen LogP contribution is 2.24. The van der Waals surface area contributed by atoms with Crippen molar-refractivity contribution < 1.29 is 4.79 Å². The van der Waals surface area contributed by atoms with E-state index in [1.165, 1.54) is 0 Å². The molecule has 0 radical (unpaired) electrons. The number of hydrogen-bond acceptors (Lipinski definition) is 5. The summed E-state index contributed by atoms with van der Waals surface area (Å²) in [5.41, 5.74) is 3.24. The molecule has 0 spiro atoms. The minimum absolute atomic E-state index is 0.00548. The van der Waals surface area contributed by atoms with Crippen LogP contribution in [-0.4, -0.2) is 29.8 Å². The summed E-state index contributed by atoms with van der Waals surface area (Å²) in [6.07, 6.45) is 3.53. The zero-order valence-corrected chi connectivity index (χ0v) is 16.9. The predicted octanol–water partition coefficient (Wildman–Crippen LogP) is 5.24. The number of aromatic nitrogens is 2. The first-order chi connectivity index (χ1) is 14.6.